The molecule has 0 saturated heterocycles. The van der Waals surface area contributed by atoms with Gasteiger partial charge >= 0.3 is 0 Å². The number of nitrogens with zero attached hydrogens (tertiary/aromatic N) is 2. The number of carbonyl (C=O) groups is 2. The highest BCUT2D eigenvalue weighted by atomic mass is 79.9. The molecule has 48 heavy (non-hydrogen) atoms. The SMILES string of the molecule is CCNC(=O)C(Cc1ccccc1)N(Cc1ccc(Br)cc1)C(=O)CN(c1ccc(OCC)cc1)S(=O)(=O)c1ccc(OC)c(OC)c1. The average Bonchev–Trinajstić information content (AvgIpc) is 3.10. The van der Waals surface area contributed by atoms with Crippen LogP contribution in [0.5, 0.6) is 17.2 Å². The number of anilines is 1. The molecule has 0 heterocycles. The van der Waals surface area contributed by atoms with Gasteiger partial charge in [-0.15, -0.1) is 0 Å². The lowest BCUT2D eigenvalue weighted by atomic mass is 10.0. The fourth-order valence-electron chi connectivity index (χ4n) is 5.14. The number of nitrogens with one attached hydrogen (secondary N) is 1. The van der Waals surface area contributed by atoms with Gasteiger partial charge in [-0.05, 0) is 73.5 Å². The largest absolute Gasteiger partial charge is 0.494 e. The predicted octanol–water partition coefficient (Wildman–Crippen LogP) is 5.84. The highest BCUT2D eigenvalue weighted by Crippen LogP contribution is 2.33. The maximum atomic E-state index is 14.6. The molecule has 0 saturated carbocycles. The molecule has 0 aliphatic heterocycles. The third-order valence-corrected chi connectivity index (χ3v) is 9.84. The van der Waals surface area contributed by atoms with Crippen LogP contribution in [0.25, 0.3) is 0 Å². The Labute approximate surface area is 290 Å². The van der Waals surface area contributed by atoms with E-state index in [4.69, 9.17) is 14.2 Å². The van der Waals surface area contributed by atoms with Crippen molar-refractivity contribution in [1.29, 1.82) is 0 Å². The maximum Gasteiger partial charge on any atom is 0.264 e. The molecule has 0 fully saturated rings. The van der Waals surface area contributed by atoms with Crippen LogP contribution >= 0.6 is 15.9 Å². The van der Waals surface area contributed by atoms with Crippen molar-refractivity contribution in [2.45, 2.75) is 37.8 Å². The Hall–Kier alpha value is -4.55. The fraction of sp³-hybridized carbons (Fsp3) is 0.278. The second-order valence-electron chi connectivity index (χ2n) is 10.7. The van der Waals surface area contributed by atoms with Gasteiger partial charge in [0.2, 0.25) is 11.8 Å². The zero-order valence-corrected chi connectivity index (χ0v) is 29.8. The standard InChI is InChI=1S/C36H40BrN3O7S/c1-5-38-36(42)32(22-26-10-8-7-9-11-26)39(24-27-12-14-28(37)15-13-27)35(41)25-40(29-16-18-30(19-17-29)47-6-2)48(43,44)31-20-21-33(45-3)34(23-31)46-4/h7-21,23,32H,5-6,22,24-25H2,1-4H3,(H,38,42). The fourth-order valence-corrected chi connectivity index (χ4v) is 6.84. The van der Waals surface area contributed by atoms with Crippen LogP contribution in [0.15, 0.2) is 106 Å². The third-order valence-electron chi connectivity index (χ3n) is 7.55. The van der Waals surface area contributed by atoms with E-state index in [0.717, 1.165) is 19.9 Å². The Bertz CT molecular complexity index is 1770. The summed E-state index contributed by atoms with van der Waals surface area (Å²) in [6, 6.07) is 26.6. The van der Waals surface area contributed by atoms with E-state index in [1.54, 1.807) is 24.3 Å². The molecule has 254 valence electrons. The number of carbonyl (C=O) groups excluding carboxylic acids is 2. The van der Waals surface area contributed by atoms with E-state index in [1.165, 1.54) is 37.3 Å². The molecule has 1 N–H and O–H groups in total. The Morgan fingerprint density at radius 2 is 1.50 bits per heavy atom. The first kappa shape index (κ1) is 36.3. The van der Waals surface area contributed by atoms with Gasteiger partial charge in [0, 0.05) is 30.0 Å². The number of benzene rings is 4. The molecule has 1 unspecified atom stereocenters. The van der Waals surface area contributed by atoms with Gasteiger partial charge in [0.1, 0.15) is 18.3 Å². The number of hydrogen-bond acceptors (Lipinski definition) is 7. The van der Waals surface area contributed by atoms with Crippen LogP contribution in [0.1, 0.15) is 25.0 Å². The van der Waals surface area contributed by atoms with E-state index in [1.807, 2.05) is 68.4 Å². The Morgan fingerprint density at radius 1 is 0.833 bits per heavy atom. The minimum atomic E-state index is -4.36. The van der Waals surface area contributed by atoms with Gasteiger partial charge < -0.3 is 24.4 Å². The average molecular weight is 739 g/mol. The van der Waals surface area contributed by atoms with Gasteiger partial charge in [0.15, 0.2) is 11.5 Å². The van der Waals surface area contributed by atoms with E-state index in [-0.39, 0.29) is 35.2 Å². The summed E-state index contributed by atoms with van der Waals surface area (Å²) in [5.74, 6) is 0.205. The molecule has 10 nitrogen and oxygen atoms in total. The van der Waals surface area contributed by atoms with Crippen LogP contribution < -0.4 is 23.8 Å². The number of sulfonamides is 1. The van der Waals surface area contributed by atoms with Crippen LogP contribution in [-0.4, -0.2) is 65.1 Å². The lowest BCUT2D eigenvalue weighted by molar-refractivity contribution is -0.140. The van der Waals surface area contributed by atoms with E-state index in [0.29, 0.717) is 24.7 Å². The van der Waals surface area contributed by atoms with Crippen molar-refractivity contribution in [2.24, 2.45) is 0 Å². The molecule has 12 heteroatoms. The van der Waals surface area contributed by atoms with Crippen LogP contribution in [0, 0.1) is 0 Å². The summed E-state index contributed by atoms with van der Waals surface area (Å²) in [7, 11) is -1.49. The summed E-state index contributed by atoms with van der Waals surface area (Å²) >= 11 is 3.45. The predicted molar refractivity (Wildman–Crippen MR) is 189 cm³/mol. The number of rotatable bonds is 16. The van der Waals surface area contributed by atoms with Gasteiger partial charge in [-0.2, -0.15) is 0 Å². The first-order valence-corrected chi connectivity index (χ1v) is 17.7. The van der Waals surface area contributed by atoms with Crippen molar-refractivity contribution in [2.75, 3.05) is 38.2 Å². The molecule has 0 aliphatic rings. The zero-order valence-electron chi connectivity index (χ0n) is 27.4. The molecular formula is C36H40BrN3O7S. The Kier molecular flexibility index (Phi) is 12.9. The van der Waals surface area contributed by atoms with Gasteiger partial charge in [0.05, 0.1) is 31.4 Å². The lowest BCUT2D eigenvalue weighted by Gasteiger charge is -2.34. The normalized spacial score (nSPS) is 11.7. The molecule has 4 aromatic rings. The molecule has 0 bridgehead atoms. The molecule has 0 radical (unpaired) electrons. The second kappa shape index (κ2) is 17.0. The second-order valence-corrected chi connectivity index (χ2v) is 13.5. The van der Waals surface area contributed by atoms with Crippen molar-refractivity contribution < 1.29 is 32.2 Å². The summed E-state index contributed by atoms with van der Waals surface area (Å²) in [5, 5.41) is 2.87. The summed E-state index contributed by atoms with van der Waals surface area (Å²) in [6.45, 7) is 3.92. The highest BCUT2D eigenvalue weighted by Gasteiger charge is 2.35. The van der Waals surface area contributed by atoms with Gasteiger partial charge in [-0.1, -0.05) is 58.4 Å². The number of hydrogen-bond donors (Lipinski definition) is 1. The smallest absolute Gasteiger partial charge is 0.264 e. The van der Waals surface area contributed by atoms with Crippen LogP contribution in [-0.2, 0) is 32.6 Å². The van der Waals surface area contributed by atoms with Crippen LogP contribution in [0.3, 0.4) is 0 Å². The van der Waals surface area contributed by atoms with Gasteiger partial charge in [0.25, 0.3) is 10.0 Å². The Morgan fingerprint density at radius 3 is 2.10 bits per heavy atom. The summed E-state index contributed by atoms with van der Waals surface area (Å²) in [6.07, 6.45) is 0.223. The maximum absolute atomic E-state index is 14.6. The number of methoxy groups -OCH3 is 2. The van der Waals surface area contributed by atoms with E-state index >= 15 is 0 Å². The quantitative estimate of drug-likeness (QED) is 0.154. The van der Waals surface area contributed by atoms with Crippen molar-refractivity contribution in [3.05, 3.63) is 113 Å². The minimum absolute atomic E-state index is 0.0638. The first-order chi connectivity index (χ1) is 23.1. The van der Waals surface area contributed by atoms with Crippen molar-refractivity contribution in [3.8, 4) is 17.2 Å². The number of ether oxygens (including phenoxy) is 3. The van der Waals surface area contributed by atoms with Gasteiger partial charge in [-0.25, -0.2) is 8.42 Å². The van der Waals surface area contributed by atoms with E-state index < -0.39 is 28.5 Å². The molecule has 2 amide bonds. The summed E-state index contributed by atoms with van der Waals surface area (Å²) in [4.78, 5) is 29.6. The van der Waals surface area contributed by atoms with Crippen LogP contribution in [0.4, 0.5) is 5.69 Å². The first-order valence-electron chi connectivity index (χ1n) is 15.4. The molecule has 0 aliphatic carbocycles. The molecule has 4 aromatic carbocycles. The zero-order chi connectivity index (χ0) is 34.7. The highest BCUT2D eigenvalue weighted by molar-refractivity contribution is 9.10. The molecule has 4 rings (SSSR count). The molecule has 0 spiro atoms. The van der Waals surface area contributed by atoms with Crippen molar-refractivity contribution in [1.82, 2.24) is 10.2 Å². The van der Waals surface area contributed by atoms with Crippen molar-refractivity contribution in [3.63, 3.8) is 0 Å². The molecular weight excluding hydrogens is 698 g/mol. The van der Waals surface area contributed by atoms with E-state index in [9.17, 15) is 18.0 Å². The third kappa shape index (κ3) is 9.07. The summed E-state index contributed by atoms with van der Waals surface area (Å²) in [5.41, 5.74) is 1.86. The minimum Gasteiger partial charge on any atom is -0.494 e. The van der Waals surface area contributed by atoms with Gasteiger partial charge in [-0.3, -0.25) is 13.9 Å². The topological polar surface area (TPSA) is 114 Å². The Balaban J connectivity index is 1.82. The summed E-state index contributed by atoms with van der Waals surface area (Å²) < 4.78 is 47.0. The molecule has 1 atom stereocenters. The monoisotopic (exact) mass is 737 g/mol. The number of amides is 2. The van der Waals surface area contributed by atoms with Crippen LogP contribution in [0.2, 0.25) is 0 Å². The lowest BCUT2D eigenvalue weighted by Crippen LogP contribution is -2.53. The van der Waals surface area contributed by atoms with E-state index in [2.05, 4.69) is 21.2 Å². The molecule has 0 aromatic heterocycles. The number of likely N-dealkylation sites (N-methyl/N-ethyl adjacent to an activating group) is 1. The van der Waals surface area contributed by atoms with Crippen molar-refractivity contribution >= 4 is 43.5 Å². The number of halogens is 1.